The monoisotopic (exact) mass is 465 g/mol. The molecular weight excluding hydrogens is 433 g/mol. The van der Waals surface area contributed by atoms with E-state index in [9.17, 15) is 9.18 Å². The predicted octanol–water partition coefficient (Wildman–Crippen LogP) is 5.11. The lowest BCUT2D eigenvalue weighted by Gasteiger charge is -2.35. The normalized spacial score (nSPS) is 13.9. The van der Waals surface area contributed by atoms with E-state index in [4.69, 9.17) is 14.5 Å². The van der Waals surface area contributed by atoms with Crippen LogP contribution in [0.1, 0.15) is 37.9 Å². The van der Waals surface area contributed by atoms with Gasteiger partial charge in [-0.2, -0.15) is 0 Å². The molecule has 3 aromatic rings. The van der Waals surface area contributed by atoms with E-state index < -0.39 is 0 Å². The third kappa shape index (κ3) is 5.41. The summed E-state index contributed by atoms with van der Waals surface area (Å²) in [5.74, 6) is 1.24. The minimum absolute atomic E-state index is 0.121. The summed E-state index contributed by atoms with van der Waals surface area (Å²) in [4.78, 5) is 20.5. The van der Waals surface area contributed by atoms with E-state index in [1.807, 2.05) is 30.0 Å². The van der Waals surface area contributed by atoms with Crippen LogP contribution in [-0.2, 0) is 11.4 Å². The Bertz CT molecular complexity index is 1160. The quantitative estimate of drug-likeness (QED) is 0.433. The first-order valence-corrected chi connectivity index (χ1v) is 11.9. The highest BCUT2D eigenvalue weighted by atomic mass is 19.1. The number of amides is 1. The Morgan fingerprint density at radius 3 is 2.62 bits per heavy atom. The van der Waals surface area contributed by atoms with Gasteiger partial charge in [0.25, 0.3) is 0 Å². The topological polar surface area (TPSA) is 54.9 Å². The molecule has 0 aliphatic carbocycles. The lowest BCUT2D eigenvalue weighted by Crippen LogP contribution is -2.48. The molecule has 0 spiro atoms. The number of carbonyl (C=O) groups excluding carboxylic acids is 1. The van der Waals surface area contributed by atoms with E-state index in [0.717, 1.165) is 61.7 Å². The van der Waals surface area contributed by atoms with Gasteiger partial charge in [0.1, 0.15) is 23.9 Å². The molecule has 1 aromatic heterocycles. The van der Waals surface area contributed by atoms with Crippen molar-refractivity contribution in [1.29, 1.82) is 0 Å². The number of aromatic nitrogens is 1. The second kappa shape index (κ2) is 10.7. The third-order valence-electron chi connectivity index (χ3n) is 6.26. The van der Waals surface area contributed by atoms with Crippen molar-refractivity contribution in [2.75, 3.05) is 37.7 Å². The molecule has 0 N–H and O–H groups in total. The van der Waals surface area contributed by atoms with Gasteiger partial charge in [0.15, 0.2) is 0 Å². The molecule has 0 bridgehead atoms. The Labute approximate surface area is 200 Å². The van der Waals surface area contributed by atoms with Crippen molar-refractivity contribution in [3.8, 4) is 11.5 Å². The maximum atomic E-state index is 13.9. The fourth-order valence-corrected chi connectivity index (χ4v) is 4.20. The van der Waals surface area contributed by atoms with Gasteiger partial charge in [-0.05, 0) is 43.7 Å². The minimum Gasteiger partial charge on any atom is -0.493 e. The number of anilines is 1. The van der Waals surface area contributed by atoms with E-state index in [0.29, 0.717) is 23.3 Å². The van der Waals surface area contributed by atoms with Crippen molar-refractivity contribution >= 4 is 22.5 Å². The van der Waals surface area contributed by atoms with Gasteiger partial charge in [-0.1, -0.05) is 19.4 Å². The Hall–Kier alpha value is -3.35. The Morgan fingerprint density at radius 1 is 1.09 bits per heavy atom. The SMILES string of the molecule is CCCCOc1c(C)c(COc2cccc(N3CCN(C(C)=O)CC3)c2)nc2ccc(F)cc12. The molecule has 7 heteroatoms. The zero-order chi connectivity index (χ0) is 24.1. The second-order valence-electron chi connectivity index (χ2n) is 8.66. The number of halogens is 1. The molecule has 0 radical (unpaired) electrons. The number of benzene rings is 2. The number of nitrogens with zero attached hydrogens (tertiary/aromatic N) is 3. The first-order valence-electron chi connectivity index (χ1n) is 11.9. The maximum absolute atomic E-state index is 13.9. The molecule has 0 saturated carbocycles. The molecule has 4 rings (SSSR count). The van der Waals surface area contributed by atoms with Gasteiger partial charge in [-0.3, -0.25) is 4.79 Å². The van der Waals surface area contributed by atoms with Crippen molar-refractivity contribution in [3.05, 3.63) is 59.5 Å². The molecule has 1 aliphatic heterocycles. The summed E-state index contributed by atoms with van der Waals surface area (Å²) in [5.41, 5.74) is 3.40. The zero-order valence-corrected chi connectivity index (χ0v) is 20.1. The summed E-state index contributed by atoms with van der Waals surface area (Å²) in [5, 5.41) is 0.684. The van der Waals surface area contributed by atoms with Gasteiger partial charge < -0.3 is 19.3 Å². The molecule has 1 saturated heterocycles. The van der Waals surface area contributed by atoms with Gasteiger partial charge >= 0.3 is 0 Å². The van der Waals surface area contributed by atoms with Gasteiger partial charge in [-0.15, -0.1) is 0 Å². The summed E-state index contributed by atoms with van der Waals surface area (Å²) in [6.45, 7) is 9.57. The van der Waals surface area contributed by atoms with Crippen LogP contribution in [0.4, 0.5) is 10.1 Å². The molecule has 0 atom stereocenters. The summed E-state index contributed by atoms with van der Waals surface area (Å²) in [6.07, 6.45) is 1.95. The van der Waals surface area contributed by atoms with Crippen LogP contribution in [-0.4, -0.2) is 48.6 Å². The number of rotatable bonds is 8. The van der Waals surface area contributed by atoms with Crippen molar-refractivity contribution in [3.63, 3.8) is 0 Å². The number of unbranched alkanes of at least 4 members (excludes halogenated alkanes) is 1. The van der Waals surface area contributed by atoms with Crippen LogP contribution in [0.5, 0.6) is 11.5 Å². The van der Waals surface area contributed by atoms with Crippen molar-refractivity contribution in [2.45, 2.75) is 40.2 Å². The van der Waals surface area contributed by atoms with Crippen LogP contribution in [0.15, 0.2) is 42.5 Å². The van der Waals surface area contributed by atoms with E-state index in [2.05, 4.69) is 17.9 Å². The van der Waals surface area contributed by atoms with Crippen molar-refractivity contribution in [1.82, 2.24) is 9.88 Å². The van der Waals surface area contributed by atoms with Crippen LogP contribution < -0.4 is 14.4 Å². The van der Waals surface area contributed by atoms with E-state index in [1.54, 1.807) is 13.0 Å². The average Bonchev–Trinajstić information content (AvgIpc) is 2.85. The number of hydrogen-bond acceptors (Lipinski definition) is 5. The summed E-state index contributed by atoms with van der Waals surface area (Å²) < 4.78 is 26.1. The molecular formula is C27H32FN3O3. The molecule has 1 aliphatic rings. The van der Waals surface area contributed by atoms with E-state index in [1.165, 1.54) is 12.1 Å². The van der Waals surface area contributed by atoms with Crippen LogP contribution in [0.25, 0.3) is 10.9 Å². The second-order valence-corrected chi connectivity index (χ2v) is 8.66. The fraction of sp³-hybridized carbons (Fsp3) is 0.407. The van der Waals surface area contributed by atoms with E-state index in [-0.39, 0.29) is 18.3 Å². The summed E-state index contributed by atoms with van der Waals surface area (Å²) in [7, 11) is 0. The molecule has 2 heterocycles. The minimum atomic E-state index is -0.306. The fourth-order valence-electron chi connectivity index (χ4n) is 4.20. The lowest BCUT2D eigenvalue weighted by molar-refractivity contribution is -0.129. The first-order chi connectivity index (χ1) is 16.5. The summed E-state index contributed by atoms with van der Waals surface area (Å²) in [6, 6.07) is 12.6. The smallest absolute Gasteiger partial charge is 0.219 e. The maximum Gasteiger partial charge on any atom is 0.219 e. The number of hydrogen-bond donors (Lipinski definition) is 0. The Balaban J connectivity index is 1.51. The Kier molecular flexibility index (Phi) is 7.50. The molecule has 2 aromatic carbocycles. The highest BCUT2D eigenvalue weighted by Crippen LogP contribution is 2.32. The molecule has 180 valence electrons. The van der Waals surface area contributed by atoms with Crippen LogP contribution in [0.2, 0.25) is 0 Å². The standard InChI is InChI=1S/C27H32FN3O3/c1-4-5-15-33-27-19(2)26(29-25-10-9-21(28)16-24(25)27)18-34-23-8-6-7-22(17-23)31-13-11-30(12-14-31)20(3)32/h6-10,16-17H,4-5,11-15,18H2,1-3H3. The van der Waals surface area contributed by atoms with Gasteiger partial charge in [0.05, 0.1) is 17.8 Å². The van der Waals surface area contributed by atoms with Gasteiger partial charge in [0, 0.05) is 55.8 Å². The van der Waals surface area contributed by atoms with Crippen LogP contribution >= 0.6 is 0 Å². The van der Waals surface area contributed by atoms with Crippen molar-refractivity contribution < 1.29 is 18.7 Å². The number of piperazine rings is 1. The van der Waals surface area contributed by atoms with E-state index >= 15 is 0 Å². The number of carbonyl (C=O) groups is 1. The van der Waals surface area contributed by atoms with Crippen LogP contribution in [0.3, 0.4) is 0 Å². The molecule has 1 fully saturated rings. The third-order valence-corrected chi connectivity index (χ3v) is 6.26. The lowest BCUT2D eigenvalue weighted by atomic mass is 10.1. The van der Waals surface area contributed by atoms with Crippen molar-refractivity contribution in [2.24, 2.45) is 0 Å². The number of ether oxygens (including phenoxy) is 2. The molecule has 6 nitrogen and oxygen atoms in total. The zero-order valence-electron chi connectivity index (χ0n) is 20.1. The highest BCUT2D eigenvalue weighted by molar-refractivity contribution is 5.86. The largest absolute Gasteiger partial charge is 0.493 e. The number of fused-ring (bicyclic) bond motifs is 1. The number of pyridine rings is 1. The first kappa shape index (κ1) is 23.8. The summed E-state index contributed by atoms with van der Waals surface area (Å²) >= 11 is 0. The average molecular weight is 466 g/mol. The highest BCUT2D eigenvalue weighted by Gasteiger charge is 2.19. The molecule has 1 amide bonds. The van der Waals surface area contributed by atoms with Gasteiger partial charge in [-0.25, -0.2) is 9.37 Å². The Morgan fingerprint density at radius 2 is 1.88 bits per heavy atom. The predicted molar refractivity (Wildman–Crippen MR) is 132 cm³/mol. The van der Waals surface area contributed by atoms with Crippen LogP contribution in [0, 0.1) is 12.7 Å². The molecule has 34 heavy (non-hydrogen) atoms. The van der Waals surface area contributed by atoms with Gasteiger partial charge in [0.2, 0.25) is 5.91 Å². The molecule has 0 unspecified atom stereocenters.